The van der Waals surface area contributed by atoms with E-state index in [9.17, 15) is 0 Å². The summed E-state index contributed by atoms with van der Waals surface area (Å²) in [4.78, 5) is 4.74. The van der Waals surface area contributed by atoms with Gasteiger partial charge in [-0.15, -0.1) is 0 Å². The van der Waals surface area contributed by atoms with E-state index in [0.717, 1.165) is 11.3 Å². The standard InChI is InChI=1S/C11H15NO/c1-8-6-5-7-11(9(8)2)10(3)12-13-4/h5-7H,1-4H3/b12-10-. The predicted molar refractivity (Wildman–Crippen MR) is 55.1 cm³/mol. The third kappa shape index (κ3) is 2.08. The zero-order chi connectivity index (χ0) is 9.84. The molecule has 0 spiro atoms. The van der Waals surface area contributed by atoms with Gasteiger partial charge in [0.1, 0.15) is 7.11 Å². The van der Waals surface area contributed by atoms with Crippen LogP contribution in [-0.2, 0) is 4.84 Å². The molecule has 0 N–H and O–H groups in total. The smallest absolute Gasteiger partial charge is 0.106 e. The molecule has 1 aromatic rings. The first kappa shape index (κ1) is 9.78. The van der Waals surface area contributed by atoms with E-state index in [-0.39, 0.29) is 0 Å². The Labute approximate surface area is 79.2 Å². The lowest BCUT2D eigenvalue weighted by Crippen LogP contribution is -1.99. The van der Waals surface area contributed by atoms with Crippen LogP contribution in [-0.4, -0.2) is 12.8 Å². The van der Waals surface area contributed by atoms with Gasteiger partial charge in [0.25, 0.3) is 0 Å². The number of rotatable bonds is 2. The van der Waals surface area contributed by atoms with Crippen LogP contribution in [0.3, 0.4) is 0 Å². The van der Waals surface area contributed by atoms with Crippen LogP contribution in [0.5, 0.6) is 0 Å². The number of hydrogen-bond donors (Lipinski definition) is 0. The molecule has 0 aliphatic heterocycles. The van der Waals surface area contributed by atoms with Crippen molar-refractivity contribution in [2.24, 2.45) is 5.16 Å². The second-order valence-corrected chi connectivity index (χ2v) is 3.11. The Balaban J connectivity index is 3.15. The fraction of sp³-hybridized carbons (Fsp3) is 0.364. The van der Waals surface area contributed by atoms with E-state index in [2.05, 4.69) is 31.1 Å². The van der Waals surface area contributed by atoms with Gasteiger partial charge in [-0.25, -0.2) is 0 Å². The Hall–Kier alpha value is -1.31. The molecule has 0 saturated carbocycles. The molecular formula is C11H15NO. The second-order valence-electron chi connectivity index (χ2n) is 3.11. The van der Waals surface area contributed by atoms with Crippen molar-refractivity contribution in [3.63, 3.8) is 0 Å². The molecule has 1 aromatic carbocycles. The first-order chi connectivity index (χ1) is 6.16. The summed E-state index contributed by atoms with van der Waals surface area (Å²) in [5.41, 5.74) is 4.62. The quantitative estimate of drug-likeness (QED) is 0.502. The molecule has 0 fully saturated rings. The molecule has 0 atom stereocenters. The highest BCUT2D eigenvalue weighted by Crippen LogP contribution is 2.13. The summed E-state index contributed by atoms with van der Waals surface area (Å²) in [7, 11) is 1.56. The molecule has 0 aromatic heterocycles. The number of hydrogen-bond acceptors (Lipinski definition) is 2. The van der Waals surface area contributed by atoms with Crippen LogP contribution < -0.4 is 0 Å². The molecular weight excluding hydrogens is 162 g/mol. The average molecular weight is 177 g/mol. The van der Waals surface area contributed by atoms with Crippen LogP contribution in [0.15, 0.2) is 23.4 Å². The summed E-state index contributed by atoms with van der Waals surface area (Å²) < 4.78 is 0. The van der Waals surface area contributed by atoms with Crippen LogP contribution in [0.1, 0.15) is 23.6 Å². The van der Waals surface area contributed by atoms with Crippen LogP contribution in [0.25, 0.3) is 0 Å². The first-order valence-electron chi connectivity index (χ1n) is 4.31. The average Bonchev–Trinajstić information content (AvgIpc) is 2.10. The van der Waals surface area contributed by atoms with Crippen molar-refractivity contribution in [2.75, 3.05) is 7.11 Å². The Morgan fingerprint density at radius 2 is 2.00 bits per heavy atom. The largest absolute Gasteiger partial charge is 0.399 e. The third-order valence-corrected chi connectivity index (χ3v) is 2.22. The van der Waals surface area contributed by atoms with Crippen molar-refractivity contribution in [3.8, 4) is 0 Å². The van der Waals surface area contributed by atoms with Crippen molar-refractivity contribution in [3.05, 3.63) is 34.9 Å². The zero-order valence-electron chi connectivity index (χ0n) is 8.59. The predicted octanol–water partition coefficient (Wildman–Crippen LogP) is 2.67. The van der Waals surface area contributed by atoms with Crippen molar-refractivity contribution >= 4 is 5.71 Å². The van der Waals surface area contributed by atoms with Gasteiger partial charge in [-0.1, -0.05) is 23.4 Å². The Morgan fingerprint density at radius 3 is 2.62 bits per heavy atom. The molecule has 1 rings (SSSR count). The van der Waals surface area contributed by atoms with Crippen LogP contribution in [0.4, 0.5) is 0 Å². The molecule has 13 heavy (non-hydrogen) atoms. The lowest BCUT2D eigenvalue weighted by Gasteiger charge is -2.06. The highest BCUT2D eigenvalue weighted by molar-refractivity contribution is 5.99. The Kier molecular flexibility index (Phi) is 3.07. The summed E-state index contributed by atoms with van der Waals surface area (Å²) >= 11 is 0. The summed E-state index contributed by atoms with van der Waals surface area (Å²) in [6.07, 6.45) is 0. The van der Waals surface area contributed by atoms with Crippen molar-refractivity contribution in [1.29, 1.82) is 0 Å². The molecule has 0 radical (unpaired) electrons. The molecule has 0 amide bonds. The summed E-state index contributed by atoms with van der Waals surface area (Å²) in [6.45, 7) is 6.14. The van der Waals surface area contributed by atoms with Gasteiger partial charge < -0.3 is 4.84 Å². The lowest BCUT2D eigenvalue weighted by molar-refractivity contribution is 0.213. The van der Waals surface area contributed by atoms with Gasteiger partial charge >= 0.3 is 0 Å². The van der Waals surface area contributed by atoms with Gasteiger partial charge in [0.05, 0.1) is 5.71 Å². The number of benzene rings is 1. The maximum absolute atomic E-state index is 4.74. The van der Waals surface area contributed by atoms with Crippen LogP contribution in [0.2, 0.25) is 0 Å². The maximum atomic E-state index is 4.74. The van der Waals surface area contributed by atoms with Gasteiger partial charge in [-0.2, -0.15) is 0 Å². The van der Waals surface area contributed by atoms with E-state index < -0.39 is 0 Å². The van der Waals surface area contributed by atoms with E-state index in [1.807, 2.05) is 13.0 Å². The lowest BCUT2D eigenvalue weighted by atomic mass is 10.0. The normalized spacial score (nSPS) is 11.5. The van der Waals surface area contributed by atoms with E-state index in [1.165, 1.54) is 11.1 Å². The van der Waals surface area contributed by atoms with E-state index in [4.69, 9.17) is 4.84 Å². The van der Waals surface area contributed by atoms with Gasteiger partial charge in [-0.3, -0.25) is 0 Å². The van der Waals surface area contributed by atoms with Gasteiger partial charge in [0, 0.05) is 5.56 Å². The minimum atomic E-state index is 0.920. The molecule has 0 heterocycles. The SMILES string of the molecule is CO/N=C(/C)c1cccc(C)c1C. The minimum absolute atomic E-state index is 0.920. The first-order valence-corrected chi connectivity index (χ1v) is 4.31. The zero-order valence-corrected chi connectivity index (χ0v) is 8.59. The molecule has 0 aliphatic rings. The van der Waals surface area contributed by atoms with Gasteiger partial charge in [0.15, 0.2) is 0 Å². The van der Waals surface area contributed by atoms with Crippen LogP contribution >= 0.6 is 0 Å². The van der Waals surface area contributed by atoms with Crippen molar-refractivity contribution in [2.45, 2.75) is 20.8 Å². The topological polar surface area (TPSA) is 21.6 Å². The number of nitrogens with zero attached hydrogens (tertiary/aromatic N) is 1. The number of aryl methyl sites for hydroxylation is 1. The van der Waals surface area contributed by atoms with E-state index >= 15 is 0 Å². The second kappa shape index (κ2) is 4.08. The molecule has 70 valence electrons. The van der Waals surface area contributed by atoms with Crippen molar-refractivity contribution < 1.29 is 4.84 Å². The Bertz CT molecular complexity index is 329. The summed E-state index contributed by atoms with van der Waals surface area (Å²) in [6, 6.07) is 6.19. The van der Waals surface area contributed by atoms with Crippen LogP contribution in [0, 0.1) is 13.8 Å². The monoisotopic (exact) mass is 177 g/mol. The molecule has 0 aliphatic carbocycles. The molecule has 0 unspecified atom stereocenters. The van der Waals surface area contributed by atoms with E-state index in [0.29, 0.717) is 0 Å². The molecule has 2 heteroatoms. The fourth-order valence-electron chi connectivity index (χ4n) is 1.33. The van der Waals surface area contributed by atoms with Crippen molar-refractivity contribution in [1.82, 2.24) is 0 Å². The highest BCUT2D eigenvalue weighted by atomic mass is 16.6. The minimum Gasteiger partial charge on any atom is -0.399 e. The molecule has 0 bridgehead atoms. The fourth-order valence-corrected chi connectivity index (χ4v) is 1.33. The van der Waals surface area contributed by atoms with Gasteiger partial charge in [-0.05, 0) is 31.9 Å². The summed E-state index contributed by atoms with van der Waals surface area (Å²) in [5.74, 6) is 0. The molecule has 2 nitrogen and oxygen atoms in total. The number of oxime groups is 1. The van der Waals surface area contributed by atoms with E-state index in [1.54, 1.807) is 7.11 Å². The van der Waals surface area contributed by atoms with Gasteiger partial charge in [0.2, 0.25) is 0 Å². The molecule has 0 saturated heterocycles. The summed E-state index contributed by atoms with van der Waals surface area (Å²) in [5, 5.41) is 3.91. The highest BCUT2D eigenvalue weighted by Gasteiger charge is 2.03. The third-order valence-electron chi connectivity index (χ3n) is 2.22. The maximum Gasteiger partial charge on any atom is 0.106 e. The Morgan fingerprint density at radius 1 is 1.31 bits per heavy atom.